The first-order valence-electron chi connectivity index (χ1n) is 13.9. The number of cyclic esters (lactones) is 1. The predicted molar refractivity (Wildman–Crippen MR) is 154 cm³/mol. The van der Waals surface area contributed by atoms with E-state index in [1.165, 1.54) is 11.1 Å². The highest BCUT2D eigenvalue weighted by Crippen LogP contribution is 2.25. The fraction of sp³-hybridized carbons (Fsp3) is 0.455. The van der Waals surface area contributed by atoms with Gasteiger partial charge in [-0.1, -0.05) is 78.8 Å². The zero-order valence-corrected chi connectivity index (χ0v) is 23.4. The van der Waals surface area contributed by atoms with Crippen LogP contribution in [0.2, 0.25) is 0 Å². The van der Waals surface area contributed by atoms with Crippen LogP contribution in [0.1, 0.15) is 71.8 Å². The highest BCUT2D eigenvalue weighted by molar-refractivity contribution is 5.95. The van der Waals surface area contributed by atoms with E-state index in [1.807, 2.05) is 30.0 Å². The number of nitrogens with zero attached hydrogens (tertiary/aromatic N) is 1. The molecule has 2 atom stereocenters. The van der Waals surface area contributed by atoms with Gasteiger partial charge >= 0.3 is 5.97 Å². The first kappa shape index (κ1) is 29.2. The summed E-state index contributed by atoms with van der Waals surface area (Å²) in [6.07, 6.45) is 16.5. The van der Waals surface area contributed by atoms with Gasteiger partial charge in [0.2, 0.25) is 5.91 Å². The van der Waals surface area contributed by atoms with Crippen LogP contribution in [0.15, 0.2) is 88.8 Å². The molecule has 2 heterocycles. The van der Waals surface area contributed by atoms with Gasteiger partial charge in [0, 0.05) is 25.1 Å². The van der Waals surface area contributed by atoms with E-state index in [4.69, 9.17) is 4.74 Å². The SMILES string of the molecule is CC1=C(O)C(C/C(C)=C\CCC(C)/C=C/C=C(\C)CCCC2=CCN(CCc3ccccc3)C2=O)OC1=O. The fourth-order valence-electron chi connectivity index (χ4n) is 4.78. The van der Waals surface area contributed by atoms with Crippen molar-refractivity contribution in [3.8, 4) is 0 Å². The molecule has 1 aromatic rings. The second kappa shape index (κ2) is 14.6. The number of benzene rings is 1. The number of amides is 1. The lowest BCUT2D eigenvalue weighted by molar-refractivity contribution is -0.140. The zero-order chi connectivity index (χ0) is 27.5. The molecule has 2 unspecified atom stereocenters. The first-order chi connectivity index (χ1) is 18.2. The van der Waals surface area contributed by atoms with Gasteiger partial charge in [-0.15, -0.1) is 0 Å². The standard InChI is InChI=1S/C33H43NO4/c1-24(13-9-15-26(3)23-30-31(35)27(4)33(37)38-30)11-8-12-25(2)14-10-18-29-20-22-34(32(29)36)21-19-28-16-6-5-7-17-28/h5-8,11-12,15-17,20,24,30,35H,9-10,13-14,18-19,21-23H2,1-4H3/b11-8+,25-12+,26-15-. The van der Waals surface area contributed by atoms with Gasteiger partial charge < -0.3 is 14.7 Å². The van der Waals surface area contributed by atoms with Gasteiger partial charge in [-0.2, -0.15) is 0 Å². The Morgan fingerprint density at radius 2 is 1.92 bits per heavy atom. The van der Waals surface area contributed by atoms with E-state index in [-0.39, 0.29) is 11.7 Å². The molecule has 0 saturated carbocycles. The average molecular weight is 518 g/mol. The fourth-order valence-corrected chi connectivity index (χ4v) is 4.78. The largest absolute Gasteiger partial charge is 0.508 e. The molecule has 204 valence electrons. The van der Waals surface area contributed by atoms with E-state index in [1.54, 1.807) is 6.92 Å². The lowest BCUT2D eigenvalue weighted by Gasteiger charge is -2.16. The van der Waals surface area contributed by atoms with E-state index in [9.17, 15) is 14.7 Å². The van der Waals surface area contributed by atoms with Crippen LogP contribution in [-0.4, -0.2) is 41.1 Å². The van der Waals surface area contributed by atoms with Crippen molar-refractivity contribution in [2.45, 2.75) is 78.7 Å². The number of carbonyl (C=O) groups excluding carboxylic acids is 2. The van der Waals surface area contributed by atoms with E-state index < -0.39 is 12.1 Å². The van der Waals surface area contributed by atoms with Crippen molar-refractivity contribution in [2.24, 2.45) is 5.92 Å². The summed E-state index contributed by atoms with van der Waals surface area (Å²) in [5, 5.41) is 9.99. The maximum atomic E-state index is 12.7. The molecule has 0 radical (unpaired) electrons. The Morgan fingerprint density at radius 1 is 1.16 bits per heavy atom. The molecule has 3 rings (SSSR count). The molecule has 0 aliphatic carbocycles. The number of aliphatic hydroxyl groups is 1. The molecule has 5 heteroatoms. The molecule has 1 amide bonds. The summed E-state index contributed by atoms with van der Waals surface area (Å²) in [4.78, 5) is 26.2. The van der Waals surface area contributed by atoms with Gasteiger partial charge in [0.05, 0.1) is 5.57 Å². The van der Waals surface area contributed by atoms with Crippen LogP contribution in [0.25, 0.3) is 0 Å². The summed E-state index contributed by atoms with van der Waals surface area (Å²) < 4.78 is 5.21. The summed E-state index contributed by atoms with van der Waals surface area (Å²) in [5.41, 5.74) is 4.99. The maximum Gasteiger partial charge on any atom is 0.338 e. The number of hydrogen-bond acceptors (Lipinski definition) is 4. The van der Waals surface area contributed by atoms with Crippen LogP contribution in [0.4, 0.5) is 0 Å². The maximum absolute atomic E-state index is 12.7. The topological polar surface area (TPSA) is 66.8 Å². The normalized spacial score (nSPS) is 19.5. The molecule has 0 saturated heterocycles. The molecule has 5 nitrogen and oxygen atoms in total. The molecule has 2 aliphatic heterocycles. The predicted octanol–water partition coefficient (Wildman–Crippen LogP) is 7.18. The van der Waals surface area contributed by atoms with Crippen molar-refractivity contribution in [3.05, 3.63) is 94.3 Å². The molecule has 0 bridgehead atoms. The van der Waals surface area contributed by atoms with Crippen molar-refractivity contribution in [2.75, 3.05) is 13.1 Å². The smallest absolute Gasteiger partial charge is 0.338 e. The van der Waals surface area contributed by atoms with Gasteiger partial charge in [-0.3, -0.25) is 4.79 Å². The van der Waals surface area contributed by atoms with Crippen molar-refractivity contribution >= 4 is 11.9 Å². The van der Waals surface area contributed by atoms with E-state index in [0.717, 1.165) is 62.8 Å². The highest BCUT2D eigenvalue weighted by Gasteiger charge is 2.31. The number of rotatable bonds is 14. The van der Waals surface area contributed by atoms with Crippen molar-refractivity contribution < 1.29 is 19.4 Å². The average Bonchev–Trinajstić information content (AvgIpc) is 3.36. The van der Waals surface area contributed by atoms with Gasteiger partial charge in [0.25, 0.3) is 0 Å². The monoisotopic (exact) mass is 517 g/mol. The van der Waals surface area contributed by atoms with Crippen LogP contribution in [0.5, 0.6) is 0 Å². The lowest BCUT2D eigenvalue weighted by Crippen LogP contribution is -2.29. The van der Waals surface area contributed by atoms with Crippen LogP contribution >= 0.6 is 0 Å². The first-order valence-corrected chi connectivity index (χ1v) is 13.9. The van der Waals surface area contributed by atoms with Crippen LogP contribution in [0, 0.1) is 5.92 Å². The third-order valence-corrected chi connectivity index (χ3v) is 7.34. The minimum Gasteiger partial charge on any atom is -0.508 e. The minimum absolute atomic E-state index is 0.0635. The number of aliphatic hydroxyl groups excluding tert-OH is 1. The van der Waals surface area contributed by atoms with Gasteiger partial charge in [0.1, 0.15) is 5.76 Å². The summed E-state index contributed by atoms with van der Waals surface area (Å²) in [5.74, 6) is 0.292. The van der Waals surface area contributed by atoms with Crippen molar-refractivity contribution in [3.63, 3.8) is 0 Å². The third-order valence-electron chi connectivity index (χ3n) is 7.34. The van der Waals surface area contributed by atoms with Gasteiger partial charge in [-0.05, 0) is 70.8 Å². The number of allylic oxidation sites excluding steroid dienone is 5. The molecule has 0 spiro atoms. The van der Waals surface area contributed by atoms with E-state index in [0.29, 0.717) is 17.9 Å². The van der Waals surface area contributed by atoms with Crippen LogP contribution in [0.3, 0.4) is 0 Å². The van der Waals surface area contributed by atoms with Crippen molar-refractivity contribution in [1.82, 2.24) is 4.90 Å². The van der Waals surface area contributed by atoms with Crippen LogP contribution < -0.4 is 0 Å². The molecule has 0 aromatic heterocycles. The Kier molecular flexibility index (Phi) is 11.2. The van der Waals surface area contributed by atoms with E-state index >= 15 is 0 Å². The summed E-state index contributed by atoms with van der Waals surface area (Å²) >= 11 is 0. The van der Waals surface area contributed by atoms with Crippen molar-refractivity contribution in [1.29, 1.82) is 0 Å². The lowest BCUT2D eigenvalue weighted by atomic mass is 10.0. The Morgan fingerprint density at radius 3 is 2.63 bits per heavy atom. The molecule has 0 fully saturated rings. The summed E-state index contributed by atoms with van der Waals surface area (Å²) in [6, 6.07) is 10.3. The minimum atomic E-state index is -0.536. The van der Waals surface area contributed by atoms with Gasteiger partial charge in [0.15, 0.2) is 6.10 Å². The highest BCUT2D eigenvalue weighted by atomic mass is 16.6. The third kappa shape index (κ3) is 8.90. The van der Waals surface area contributed by atoms with E-state index in [2.05, 4.69) is 56.4 Å². The Balaban J connectivity index is 1.30. The molecule has 2 aliphatic rings. The molecular formula is C33H43NO4. The summed E-state index contributed by atoms with van der Waals surface area (Å²) in [7, 11) is 0. The second-order valence-electron chi connectivity index (χ2n) is 10.7. The quantitative estimate of drug-likeness (QED) is 0.161. The van der Waals surface area contributed by atoms with Crippen LogP contribution in [-0.2, 0) is 20.7 Å². The number of hydrogen-bond donors (Lipinski definition) is 1. The Hall–Kier alpha value is -3.34. The number of ether oxygens (including phenoxy) is 1. The molecular weight excluding hydrogens is 474 g/mol. The number of esters is 1. The number of carbonyl (C=O) groups is 2. The zero-order valence-electron chi connectivity index (χ0n) is 23.4. The molecule has 1 aromatic carbocycles. The summed E-state index contributed by atoms with van der Waals surface area (Å²) in [6.45, 7) is 9.48. The molecule has 1 N–H and O–H groups in total. The Labute approximate surface area is 228 Å². The van der Waals surface area contributed by atoms with Gasteiger partial charge in [-0.25, -0.2) is 4.79 Å². The Bertz CT molecular complexity index is 1120. The second-order valence-corrected chi connectivity index (χ2v) is 10.7. The molecule has 38 heavy (non-hydrogen) atoms.